The molecule has 0 aromatic heterocycles. The predicted molar refractivity (Wildman–Crippen MR) is 80.2 cm³/mol. The fraction of sp³-hybridized carbons (Fsp3) is 0.500. The van der Waals surface area contributed by atoms with E-state index in [0.29, 0.717) is 13.1 Å². The molecule has 0 radical (unpaired) electrons. The van der Waals surface area contributed by atoms with Gasteiger partial charge in [0, 0.05) is 6.54 Å². The molecule has 0 saturated carbocycles. The molecule has 2 rings (SSSR count). The molecule has 0 unspecified atom stereocenters. The van der Waals surface area contributed by atoms with Gasteiger partial charge in [-0.3, -0.25) is 4.90 Å². The van der Waals surface area contributed by atoms with Crippen molar-refractivity contribution in [1.29, 1.82) is 0 Å². The number of aliphatic imine (C=N–C) groups is 1. The van der Waals surface area contributed by atoms with Gasteiger partial charge in [-0.2, -0.15) is 0 Å². The third-order valence-electron chi connectivity index (χ3n) is 3.20. The Balaban J connectivity index is 2.23. The van der Waals surface area contributed by atoms with E-state index in [0.717, 1.165) is 29.7 Å². The number of fused-ring (bicyclic) bond motifs is 1. The number of hydrogen-bond donors (Lipinski definition) is 0. The molecule has 0 saturated heterocycles. The molecule has 0 atom stereocenters. The van der Waals surface area contributed by atoms with Crippen molar-refractivity contribution < 1.29 is 14.3 Å². The highest BCUT2D eigenvalue weighted by atomic mass is 16.6. The van der Waals surface area contributed by atoms with E-state index in [9.17, 15) is 9.59 Å². The van der Waals surface area contributed by atoms with Crippen LogP contribution in [0, 0.1) is 0 Å². The van der Waals surface area contributed by atoms with E-state index in [1.54, 1.807) is 4.90 Å². The Morgan fingerprint density at radius 3 is 2.86 bits per heavy atom. The first kappa shape index (κ1) is 15.3. The molecule has 0 bridgehead atoms. The summed E-state index contributed by atoms with van der Waals surface area (Å²) in [6.07, 6.45) is 3.03. The van der Waals surface area contributed by atoms with Crippen molar-refractivity contribution in [2.45, 2.75) is 45.8 Å². The topological polar surface area (TPSA) is 59.0 Å². The van der Waals surface area contributed by atoms with E-state index in [1.807, 2.05) is 39.0 Å². The highest BCUT2D eigenvalue weighted by Gasteiger charge is 2.27. The third-order valence-corrected chi connectivity index (χ3v) is 3.20. The zero-order valence-corrected chi connectivity index (χ0v) is 12.7. The zero-order chi connectivity index (χ0) is 15.5. The van der Waals surface area contributed by atoms with Crippen molar-refractivity contribution >= 4 is 17.9 Å². The number of nitrogens with zero attached hydrogens (tertiary/aromatic N) is 2. The molecular formula is C16H20N2O3. The van der Waals surface area contributed by atoms with Crippen LogP contribution in [0.5, 0.6) is 0 Å². The summed E-state index contributed by atoms with van der Waals surface area (Å²) in [5.74, 6) is 0. The van der Waals surface area contributed by atoms with Gasteiger partial charge in [-0.05, 0) is 50.8 Å². The Morgan fingerprint density at radius 1 is 1.43 bits per heavy atom. The molecule has 5 nitrogen and oxygen atoms in total. The van der Waals surface area contributed by atoms with Gasteiger partial charge in [0.2, 0.25) is 6.08 Å². The Labute approximate surface area is 124 Å². The largest absolute Gasteiger partial charge is 0.443 e. The van der Waals surface area contributed by atoms with E-state index in [4.69, 9.17) is 4.74 Å². The first-order valence-corrected chi connectivity index (χ1v) is 7.06. The molecule has 21 heavy (non-hydrogen) atoms. The van der Waals surface area contributed by atoms with E-state index < -0.39 is 5.60 Å². The van der Waals surface area contributed by atoms with Crippen LogP contribution in [-0.4, -0.2) is 24.3 Å². The molecule has 1 amide bonds. The SMILES string of the molecule is CC(C)(C)OC(=O)N1CCCc2cc(CN=C=O)ccc21. The van der Waals surface area contributed by atoms with Crippen molar-refractivity contribution in [2.75, 3.05) is 11.4 Å². The lowest BCUT2D eigenvalue weighted by molar-refractivity contribution is 0.0578. The number of amides is 1. The summed E-state index contributed by atoms with van der Waals surface area (Å²) in [6, 6.07) is 5.77. The molecule has 0 N–H and O–H groups in total. The second-order valence-electron chi connectivity index (χ2n) is 6.11. The third kappa shape index (κ3) is 3.92. The second kappa shape index (κ2) is 6.10. The van der Waals surface area contributed by atoms with Crippen molar-refractivity contribution in [2.24, 2.45) is 4.99 Å². The lowest BCUT2D eigenvalue weighted by Crippen LogP contribution is -2.39. The first-order valence-electron chi connectivity index (χ1n) is 7.06. The lowest BCUT2D eigenvalue weighted by Gasteiger charge is -2.31. The summed E-state index contributed by atoms with van der Waals surface area (Å²) in [6.45, 7) is 6.56. The highest BCUT2D eigenvalue weighted by molar-refractivity contribution is 5.89. The van der Waals surface area contributed by atoms with Gasteiger partial charge >= 0.3 is 6.09 Å². The molecule has 1 aromatic carbocycles. The molecule has 1 heterocycles. The Hall–Kier alpha value is -2.13. The fourth-order valence-corrected chi connectivity index (χ4v) is 2.38. The molecule has 112 valence electrons. The first-order chi connectivity index (χ1) is 9.90. The van der Waals surface area contributed by atoms with E-state index >= 15 is 0 Å². The molecule has 0 aliphatic carbocycles. The summed E-state index contributed by atoms with van der Waals surface area (Å²) in [5, 5.41) is 0. The maximum Gasteiger partial charge on any atom is 0.414 e. The van der Waals surface area contributed by atoms with Gasteiger partial charge in [0.15, 0.2) is 0 Å². The van der Waals surface area contributed by atoms with Crippen LogP contribution in [0.1, 0.15) is 38.3 Å². The number of anilines is 1. The number of ether oxygens (including phenoxy) is 1. The normalized spacial score (nSPS) is 14.1. The van der Waals surface area contributed by atoms with Crippen LogP contribution >= 0.6 is 0 Å². The van der Waals surface area contributed by atoms with Crippen molar-refractivity contribution in [3.8, 4) is 0 Å². The quantitative estimate of drug-likeness (QED) is 0.620. The van der Waals surface area contributed by atoms with E-state index in [-0.39, 0.29) is 6.09 Å². The number of aryl methyl sites for hydroxylation is 1. The van der Waals surface area contributed by atoms with Crippen molar-refractivity contribution in [3.05, 3.63) is 29.3 Å². The minimum Gasteiger partial charge on any atom is -0.443 e. The number of benzene rings is 1. The average Bonchev–Trinajstić information content (AvgIpc) is 2.42. The standard InChI is InChI=1S/C16H20N2O3/c1-16(2,3)21-15(20)18-8-4-5-13-9-12(10-17-11-19)6-7-14(13)18/h6-7,9H,4-5,8,10H2,1-3H3. The number of rotatable bonds is 2. The number of carbonyl (C=O) groups is 1. The maximum absolute atomic E-state index is 12.3. The molecule has 1 aromatic rings. The highest BCUT2D eigenvalue weighted by Crippen LogP contribution is 2.29. The molecule has 1 aliphatic rings. The Morgan fingerprint density at radius 2 is 2.19 bits per heavy atom. The van der Waals surface area contributed by atoms with Crippen LogP contribution in [0.3, 0.4) is 0 Å². The smallest absolute Gasteiger partial charge is 0.414 e. The number of carbonyl (C=O) groups excluding carboxylic acids is 2. The monoisotopic (exact) mass is 288 g/mol. The lowest BCUT2D eigenvalue weighted by atomic mass is 9.99. The zero-order valence-electron chi connectivity index (χ0n) is 12.7. The predicted octanol–water partition coefficient (Wildman–Crippen LogP) is 3.21. The van der Waals surface area contributed by atoms with Crippen LogP contribution in [0.4, 0.5) is 10.5 Å². The van der Waals surface area contributed by atoms with Gasteiger partial charge in [-0.15, -0.1) is 0 Å². The van der Waals surface area contributed by atoms with Crippen LogP contribution in [0.2, 0.25) is 0 Å². The molecule has 0 fully saturated rings. The molecular weight excluding hydrogens is 268 g/mol. The minimum absolute atomic E-state index is 0.317. The van der Waals surface area contributed by atoms with E-state index in [1.165, 1.54) is 6.08 Å². The van der Waals surface area contributed by atoms with Gasteiger partial charge in [0.05, 0.1) is 12.2 Å². The summed E-state index contributed by atoms with van der Waals surface area (Å²) in [5.41, 5.74) is 2.41. The summed E-state index contributed by atoms with van der Waals surface area (Å²) in [7, 11) is 0. The van der Waals surface area contributed by atoms with Crippen molar-refractivity contribution in [3.63, 3.8) is 0 Å². The minimum atomic E-state index is -0.507. The maximum atomic E-state index is 12.3. The number of hydrogen-bond acceptors (Lipinski definition) is 4. The van der Waals surface area contributed by atoms with E-state index in [2.05, 4.69) is 4.99 Å². The fourth-order valence-electron chi connectivity index (χ4n) is 2.38. The molecule has 0 spiro atoms. The Kier molecular flexibility index (Phi) is 4.43. The van der Waals surface area contributed by atoms with Gasteiger partial charge < -0.3 is 4.74 Å². The van der Waals surface area contributed by atoms with Gasteiger partial charge in [-0.25, -0.2) is 14.6 Å². The van der Waals surface area contributed by atoms with Crippen LogP contribution in [0.15, 0.2) is 23.2 Å². The van der Waals surface area contributed by atoms with Crippen LogP contribution in [-0.2, 0) is 22.5 Å². The van der Waals surface area contributed by atoms with Crippen LogP contribution in [0.25, 0.3) is 0 Å². The average molecular weight is 288 g/mol. The van der Waals surface area contributed by atoms with Gasteiger partial charge in [0.25, 0.3) is 0 Å². The molecule has 1 aliphatic heterocycles. The number of isocyanates is 1. The van der Waals surface area contributed by atoms with Crippen LogP contribution < -0.4 is 4.90 Å². The Bertz CT molecular complexity index is 584. The van der Waals surface area contributed by atoms with Crippen molar-refractivity contribution in [1.82, 2.24) is 0 Å². The van der Waals surface area contributed by atoms with Gasteiger partial charge in [0.1, 0.15) is 5.60 Å². The second-order valence-corrected chi connectivity index (χ2v) is 6.11. The summed E-state index contributed by atoms with van der Waals surface area (Å²) < 4.78 is 5.45. The molecule has 5 heteroatoms. The summed E-state index contributed by atoms with van der Waals surface area (Å²) in [4.78, 5) is 27.7. The van der Waals surface area contributed by atoms with Gasteiger partial charge in [-0.1, -0.05) is 12.1 Å². The summed E-state index contributed by atoms with van der Waals surface area (Å²) >= 11 is 0.